The second kappa shape index (κ2) is 7.64. The van der Waals surface area contributed by atoms with Gasteiger partial charge in [0.05, 0.1) is 16.8 Å². The summed E-state index contributed by atoms with van der Waals surface area (Å²) in [5.41, 5.74) is 1.59. The first-order chi connectivity index (χ1) is 10.0. The summed E-state index contributed by atoms with van der Waals surface area (Å²) in [6.45, 7) is 4.82. The topological polar surface area (TPSA) is 64.6 Å². The van der Waals surface area contributed by atoms with Gasteiger partial charge in [-0.15, -0.1) is 0 Å². The Morgan fingerprint density at radius 3 is 2.86 bits per heavy atom. The SMILES string of the molecule is Cc1ccc(Cl)c(NC(=O)NC[C@@H](O)CN2CCCC2)c1. The largest absolute Gasteiger partial charge is 0.390 e. The summed E-state index contributed by atoms with van der Waals surface area (Å²) < 4.78 is 0. The number of hydrogen-bond acceptors (Lipinski definition) is 3. The number of rotatable bonds is 5. The van der Waals surface area contributed by atoms with Crippen molar-refractivity contribution in [2.45, 2.75) is 25.9 Å². The van der Waals surface area contributed by atoms with Crippen LogP contribution < -0.4 is 10.6 Å². The van der Waals surface area contributed by atoms with Crippen LogP contribution in [0.25, 0.3) is 0 Å². The predicted octanol–water partition coefficient (Wildman–Crippen LogP) is 2.23. The fraction of sp³-hybridized carbons (Fsp3) is 0.533. The molecule has 2 rings (SSSR count). The first-order valence-electron chi connectivity index (χ1n) is 7.26. The molecule has 21 heavy (non-hydrogen) atoms. The monoisotopic (exact) mass is 311 g/mol. The molecule has 0 aromatic heterocycles. The number of likely N-dealkylation sites (tertiary alicyclic amines) is 1. The van der Waals surface area contributed by atoms with Gasteiger partial charge in [0.1, 0.15) is 0 Å². The molecule has 2 amide bonds. The molecule has 5 nitrogen and oxygen atoms in total. The number of nitrogens with one attached hydrogen (secondary N) is 2. The summed E-state index contributed by atoms with van der Waals surface area (Å²) in [5.74, 6) is 0. The van der Waals surface area contributed by atoms with E-state index in [1.54, 1.807) is 6.07 Å². The van der Waals surface area contributed by atoms with Gasteiger partial charge in [-0.1, -0.05) is 17.7 Å². The number of aliphatic hydroxyl groups is 1. The van der Waals surface area contributed by atoms with Crippen molar-refractivity contribution >= 4 is 23.3 Å². The average Bonchev–Trinajstić information content (AvgIpc) is 2.93. The van der Waals surface area contributed by atoms with Crippen LogP contribution in [0.1, 0.15) is 18.4 Å². The molecule has 0 aliphatic carbocycles. The van der Waals surface area contributed by atoms with Crippen molar-refractivity contribution in [3.8, 4) is 0 Å². The molecule has 0 radical (unpaired) electrons. The number of aryl methyl sites for hydroxylation is 1. The number of urea groups is 1. The van der Waals surface area contributed by atoms with Crippen LogP contribution in [0.4, 0.5) is 10.5 Å². The summed E-state index contributed by atoms with van der Waals surface area (Å²) in [7, 11) is 0. The number of halogens is 1. The molecule has 3 N–H and O–H groups in total. The Hall–Kier alpha value is -1.30. The molecule has 0 unspecified atom stereocenters. The molecule has 1 atom stereocenters. The van der Waals surface area contributed by atoms with Crippen molar-refractivity contribution in [1.29, 1.82) is 0 Å². The number of anilines is 1. The molecule has 0 saturated carbocycles. The van der Waals surface area contributed by atoms with Gasteiger partial charge in [-0.25, -0.2) is 4.79 Å². The minimum atomic E-state index is -0.554. The maximum absolute atomic E-state index is 11.8. The third-order valence-electron chi connectivity index (χ3n) is 3.54. The zero-order valence-electron chi connectivity index (χ0n) is 12.2. The first-order valence-corrected chi connectivity index (χ1v) is 7.64. The molecule has 1 heterocycles. The molecule has 0 bridgehead atoms. The Labute approximate surface area is 130 Å². The maximum Gasteiger partial charge on any atom is 0.319 e. The van der Waals surface area contributed by atoms with E-state index in [2.05, 4.69) is 15.5 Å². The van der Waals surface area contributed by atoms with Crippen LogP contribution in [0, 0.1) is 6.92 Å². The highest BCUT2D eigenvalue weighted by Crippen LogP contribution is 2.22. The standard InChI is InChI=1S/C15H22ClN3O2/c1-11-4-5-13(16)14(8-11)18-15(21)17-9-12(20)10-19-6-2-3-7-19/h4-5,8,12,20H,2-3,6-7,9-10H2,1H3,(H2,17,18,21)/t12-/m1/s1. The van der Waals surface area contributed by atoms with Crippen molar-refractivity contribution < 1.29 is 9.90 Å². The van der Waals surface area contributed by atoms with E-state index in [0.717, 1.165) is 18.7 Å². The number of carbonyl (C=O) groups is 1. The Morgan fingerprint density at radius 2 is 2.14 bits per heavy atom. The second-order valence-electron chi connectivity index (χ2n) is 5.48. The molecule has 6 heteroatoms. The van der Waals surface area contributed by atoms with E-state index in [1.165, 1.54) is 12.8 Å². The lowest BCUT2D eigenvalue weighted by molar-refractivity contribution is 0.125. The van der Waals surface area contributed by atoms with Crippen LogP contribution in [-0.2, 0) is 0 Å². The summed E-state index contributed by atoms with van der Waals surface area (Å²) in [6.07, 6.45) is 1.82. The normalized spacial score (nSPS) is 16.7. The zero-order chi connectivity index (χ0) is 15.2. The molecule has 0 spiro atoms. The van der Waals surface area contributed by atoms with Gasteiger partial charge in [0.15, 0.2) is 0 Å². The molecule has 1 saturated heterocycles. The smallest absolute Gasteiger partial charge is 0.319 e. The van der Waals surface area contributed by atoms with Crippen molar-refractivity contribution in [2.75, 3.05) is 31.5 Å². The van der Waals surface area contributed by atoms with Crippen molar-refractivity contribution in [1.82, 2.24) is 10.2 Å². The third kappa shape index (κ3) is 5.19. The highest BCUT2D eigenvalue weighted by atomic mass is 35.5. The zero-order valence-corrected chi connectivity index (χ0v) is 13.0. The number of β-amino-alcohol motifs (C(OH)–C–C–N with tert-alkyl or cyclic N) is 1. The lowest BCUT2D eigenvalue weighted by atomic mass is 10.2. The van der Waals surface area contributed by atoms with Gasteiger partial charge in [-0.2, -0.15) is 0 Å². The third-order valence-corrected chi connectivity index (χ3v) is 3.87. The number of carbonyl (C=O) groups excluding carboxylic acids is 1. The van der Waals surface area contributed by atoms with E-state index in [-0.39, 0.29) is 12.6 Å². The molecular weight excluding hydrogens is 290 g/mol. The van der Waals surface area contributed by atoms with E-state index in [9.17, 15) is 9.90 Å². The molecule has 1 aliphatic rings. The van der Waals surface area contributed by atoms with E-state index in [4.69, 9.17) is 11.6 Å². The Bertz CT molecular complexity index is 490. The highest BCUT2D eigenvalue weighted by molar-refractivity contribution is 6.33. The van der Waals surface area contributed by atoms with Gasteiger partial charge < -0.3 is 20.6 Å². The fourth-order valence-electron chi connectivity index (χ4n) is 2.44. The van der Waals surface area contributed by atoms with Crippen LogP contribution in [0.3, 0.4) is 0 Å². The van der Waals surface area contributed by atoms with E-state index >= 15 is 0 Å². The number of hydrogen-bond donors (Lipinski definition) is 3. The lowest BCUT2D eigenvalue weighted by Crippen LogP contribution is -2.40. The Balaban J connectivity index is 1.75. The van der Waals surface area contributed by atoms with E-state index in [1.807, 2.05) is 19.1 Å². The van der Waals surface area contributed by atoms with Crippen LogP contribution in [-0.4, -0.2) is 48.3 Å². The van der Waals surface area contributed by atoms with Crippen molar-refractivity contribution in [2.24, 2.45) is 0 Å². The van der Waals surface area contributed by atoms with Crippen molar-refractivity contribution in [3.63, 3.8) is 0 Å². The summed E-state index contributed by atoms with van der Waals surface area (Å²) in [4.78, 5) is 14.0. The molecular formula is C15H22ClN3O2. The predicted molar refractivity (Wildman–Crippen MR) is 84.9 cm³/mol. The number of benzene rings is 1. The van der Waals surface area contributed by atoms with Gasteiger partial charge in [-0.05, 0) is 50.6 Å². The second-order valence-corrected chi connectivity index (χ2v) is 5.89. The number of amides is 2. The minimum absolute atomic E-state index is 0.228. The van der Waals surface area contributed by atoms with Crippen LogP contribution >= 0.6 is 11.6 Å². The quantitative estimate of drug-likeness (QED) is 0.781. The summed E-state index contributed by atoms with van der Waals surface area (Å²) in [5, 5.41) is 15.8. The van der Waals surface area contributed by atoms with Crippen LogP contribution in [0.15, 0.2) is 18.2 Å². The Kier molecular flexibility index (Phi) is 5.85. The van der Waals surface area contributed by atoms with Crippen LogP contribution in [0.5, 0.6) is 0 Å². The van der Waals surface area contributed by atoms with Gasteiger partial charge in [-0.3, -0.25) is 0 Å². The van der Waals surface area contributed by atoms with Crippen LogP contribution in [0.2, 0.25) is 5.02 Å². The minimum Gasteiger partial charge on any atom is -0.390 e. The Morgan fingerprint density at radius 1 is 1.43 bits per heavy atom. The molecule has 116 valence electrons. The van der Waals surface area contributed by atoms with Gasteiger partial charge in [0.2, 0.25) is 0 Å². The lowest BCUT2D eigenvalue weighted by Gasteiger charge is -2.19. The molecule has 1 fully saturated rings. The van der Waals surface area contributed by atoms with E-state index in [0.29, 0.717) is 17.3 Å². The van der Waals surface area contributed by atoms with Crippen molar-refractivity contribution in [3.05, 3.63) is 28.8 Å². The maximum atomic E-state index is 11.8. The summed E-state index contributed by atoms with van der Waals surface area (Å²) >= 11 is 6.02. The van der Waals surface area contributed by atoms with Gasteiger partial charge in [0.25, 0.3) is 0 Å². The number of nitrogens with zero attached hydrogens (tertiary/aromatic N) is 1. The number of aliphatic hydroxyl groups excluding tert-OH is 1. The van der Waals surface area contributed by atoms with Gasteiger partial charge >= 0.3 is 6.03 Å². The molecule has 1 aliphatic heterocycles. The highest BCUT2D eigenvalue weighted by Gasteiger charge is 2.16. The van der Waals surface area contributed by atoms with E-state index < -0.39 is 6.10 Å². The summed E-state index contributed by atoms with van der Waals surface area (Å²) in [6, 6.07) is 5.07. The first kappa shape index (κ1) is 16.1. The molecule has 1 aromatic rings. The van der Waals surface area contributed by atoms with Gasteiger partial charge in [0, 0.05) is 13.1 Å². The average molecular weight is 312 g/mol. The fourth-order valence-corrected chi connectivity index (χ4v) is 2.60. The molecule has 1 aromatic carbocycles.